The van der Waals surface area contributed by atoms with Crippen LogP contribution in [-0.2, 0) is 0 Å². The molecule has 2 nitrogen and oxygen atoms in total. The quantitative estimate of drug-likeness (QED) is 0.862. The summed E-state index contributed by atoms with van der Waals surface area (Å²) in [5, 5.41) is 2.06. The van der Waals surface area contributed by atoms with Gasteiger partial charge in [-0.05, 0) is 49.2 Å². The highest BCUT2D eigenvalue weighted by molar-refractivity contribution is 9.10. The van der Waals surface area contributed by atoms with E-state index in [4.69, 9.17) is 5.73 Å². The number of hydrogen-bond acceptors (Lipinski definition) is 3. The predicted molar refractivity (Wildman–Crippen MR) is 86.4 cm³/mol. The summed E-state index contributed by atoms with van der Waals surface area (Å²) in [5.41, 5.74) is 6.82. The van der Waals surface area contributed by atoms with Crippen molar-refractivity contribution >= 4 is 27.3 Å². The van der Waals surface area contributed by atoms with Gasteiger partial charge in [-0.15, -0.1) is 11.3 Å². The maximum absolute atomic E-state index is 13.5. The molecule has 1 heterocycles. The average Bonchev–Trinajstić information content (AvgIpc) is 2.96. The molecular formula is C15H18BrFN2S. The van der Waals surface area contributed by atoms with Crippen molar-refractivity contribution in [3.05, 3.63) is 56.4 Å². The number of nitrogens with two attached hydrogens (primary N) is 1. The summed E-state index contributed by atoms with van der Waals surface area (Å²) in [6.07, 6.45) is 0. The standard InChI is InChI=1S/C15H18BrFN2S/c1-10(15-4-3-7-20-15)19(2)14(9-18)12-8-11(17)5-6-13(12)16/h3-8,10,14H,9,18H2,1-2H3. The van der Waals surface area contributed by atoms with E-state index in [2.05, 4.69) is 39.2 Å². The fourth-order valence-corrected chi connectivity index (χ4v) is 3.63. The molecule has 1 aromatic heterocycles. The maximum atomic E-state index is 13.5. The first-order chi connectivity index (χ1) is 9.54. The molecular weight excluding hydrogens is 339 g/mol. The molecule has 5 heteroatoms. The third-order valence-corrected chi connectivity index (χ3v) is 5.36. The van der Waals surface area contributed by atoms with Gasteiger partial charge in [0.15, 0.2) is 0 Å². The van der Waals surface area contributed by atoms with E-state index in [1.54, 1.807) is 23.5 Å². The molecule has 0 aliphatic rings. The number of nitrogens with zero attached hydrogens (tertiary/aromatic N) is 1. The molecule has 0 spiro atoms. The molecule has 0 saturated carbocycles. The predicted octanol–water partition coefficient (Wildman–Crippen LogP) is 4.34. The third-order valence-electron chi connectivity index (χ3n) is 3.60. The summed E-state index contributed by atoms with van der Waals surface area (Å²) < 4.78 is 14.4. The summed E-state index contributed by atoms with van der Waals surface area (Å²) in [5.74, 6) is -0.237. The van der Waals surface area contributed by atoms with Crippen molar-refractivity contribution < 1.29 is 4.39 Å². The maximum Gasteiger partial charge on any atom is 0.123 e. The fourth-order valence-electron chi connectivity index (χ4n) is 2.28. The molecule has 20 heavy (non-hydrogen) atoms. The molecule has 108 valence electrons. The van der Waals surface area contributed by atoms with Gasteiger partial charge in [-0.1, -0.05) is 22.0 Å². The van der Waals surface area contributed by atoms with Crippen LogP contribution in [0.2, 0.25) is 0 Å². The van der Waals surface area contributed by atoms with Crippen LogP contribution in [0.1, 0.15) is 29.4 Å². The molecule has 2 N–H and O–H groups in total. The lowest BCUT2D eigenvalue weighted by Crippen LogP contribution is -2.32. The molecule has 0 fully saturated rings. The summed E-state index contributed by atoms with van der Waals surface area (Å²) in [4.78, 5) is 3.46. The molecule has 2 rings (SSSR count). The molecule has 1 aromatic carbocycles. The van der Waals surface area contributed by atoms with E-state index in [9.17, 15) is 4.39 Å². The Labute approximate surface area is 131 Å². The second-order valence-corrected chi connectivity index (χ2v) is 6.61. The average molecular weight is 357 g/mol. The Morgan fingerprint density at radius 3 is 2.75 bits per heavy atom. The zero-order valence-electron chi connectivity index (χ0n) is 11.5. The largest absolute Gasteiger partial charge is 0.329 e. The fraction of sp³-hybridized carbons (Fsp3) is 0.333. The molecule has 2 aromatic rings. The van der Waals surface area contributed by atoms with Crippen LogP contribution in [0, 0.1) is 5.82 Å². The number of benzene rings is 1. The van der Waals surface area contributed by atoms with Crippen molar-refractivity contribution in [3.8, 4) is 0 Å². The number of rotatable bonds is 5. The van der Waals surface area contributed by atoms with E-state index < -0.39 is 0 Å². The number of likely N-dealkylation sites (N-methyl/N-ethyl adjacent to an activating group) is 1. The van der Waals surface area contributed by atoms with E-state index in [1.807, 2.05) is 13.1 Å². The van der Waals surface area contributed by atoms with E-state index in [0.29, 0.717) is 6.54 Å². The number of halogens is 2. The topological polar surface area (TPSA) is 29.3 Å². The van der Waals surface area contributed by atoms with Gasteiger partial charge in [0.05, 0.1) is 0 Å². The SMILES string of the molecule is CC(c1cccs1)N(C)C(CN)c1cc(F)ccc1Br. The molecule has 2 atom stereocenters. The first kappa shape index (κ1) is 15.6. The van der Waals surface area contributed by atoms with Gasteiger partial charge in [0.2, 0.25) is 0 Å². The van der Waals surface area contributed by atoms with Crippen molar-refractivity contribution in [1.29, 1.82) is 0 Å². The van der Waals surface area contributed by atoms with E-state index in [0.717, 1.165) is 10.0 Å². The minimum Gasteiger partial charge on any atom is -0.329 e. The first-order valence-electron chi connectivity index (χ1n) is 6.45. The van der Waals surface area contributed by atoms with Crippen LogP contribution in [0.4, 0.5) is 4.39 Å². The smallest absolute Gasteiger partial charge is 0.123 e. The van der Waals surface area contributed by atoms with E-state index >= 15 is 0 Å². The summed E-state index contributed by atoms with van der Waals surface area (Å²) in [6.45, 7) is 2.58. The van der Waals surface area contributed by atoms with Gasteiger partial charge in [-0.2, -0.15) is 0 Å². The van der Waals surface area contributed by atoms with Crippen LogP contribution >= 0.6 is 27.3 Å². The molecule has 0 bridgehead atoms. The van der Waals surface area contributed by atoms with Gasteiger partial charge in [-0.3, -0.25) is 4.90 Å². The zero-order chi connectivity index (χ0) is 14.7. The van der Waals surface area contributed by atoms with Crippen molar-refractivity contribution in [2.24, 2.45) is 5.73 Å². The highest BCUT2D eigenvalue weighted by atomic mass is 79.9. The van der Waals surface area contributed by atoms with Crippen LogP contribution in [0.25, 0.3) is 0 Å². The molecule has 2 unspecified atom stereocenters. The highest BCUT2D eigenvalue weighted by Crippen LogP contribution is 2.33. The van der Waals surface area contributed by atoms with Gasteiger partial charge in [0.25, 0.3) is 0 Å². The van der Waals surface area contributed by atoms with Crippen LogP contribution in [0.3, 0.4) is 0 Å². The molecule has 0 aliphatic heterocycles. The highest BCUT2D eigenvalue weighted by Gasteiger charge is 2.24. The minimum atomic E-state index is -0.237. The summed E-state index contributed by atoms with van der Waals surface area (Å²) >= 11 is 5.21. The Kier molecular flexibility index (Phi) is 5.32. The first-order valence-corrected chi connectivity index (χ1v) is 8.12. The third kappa shape index (κ3) is 3.28. The number of thiophene rings is 1. The lowest BCUT2D eigenvalue weighted by molar-refractivity contribution is 0.192. The van der Waals surface area contributed by atoms with Gasteiger partial charge in [0.1, 0.15) is 5.82 Å². The Morgan fingerprint density at radius 1 is 1.40 bits per heavy atom. The monoisotopic (exact) mass is 356 g/mol. The normalized spacial score (nSPS) is 14.5. The van der Waals surface area contributed by atoms with E-state index in [1.165, 1.54) is 10.9 Å². The molecule has 0 radical (unpaired) electrons. The summed E-state index contributed by atoms with van der Waals surface area (Å²) in [6, 6.07) is 9.09. The van der Waals surface area contributed by atoms with Gasteiger partial charge < -0.3 is 5.73 Å². The van der Waals surface area contributed by atoms with Crippen LogP contribution < -0.4 is 5.73 Å². The Morgan fingerprint density at radius 2 is 2.15 bits per heavy atom. The van der Waals surface area contributed by atoms with Gasteiger partial charge in [0, 0.05) is 28.0 Å². The lowest BCUT2D eigenvalue weighted by atomic mass is 10.0. The Hall–Kier alpha value is -0.750. The van der Waals surface area contributed by atoms with Crippen LogP contribution in [-0.4, -0.2) is 18.5 Å². The summed E-state index contributed by atoms with van der Waals surface area (Å²) in [7, 11) is 2.03. The second-order valence-electron chi connectivity index (χ2n) is 4.77. The minimum absolute atomic E-state index is 0.0304. The van der Waals surface area contributed by atoms with Crippen molar-refractivity contribution in [1.82, 2.24) is 4.90 Å². The Balaban J connectivity index is 2.29. The van der Waals surface area contributed by atoms with E-state index in [-0.39, 0.29) is 17.9 Å². The zero-order valence-corrected chi connectivity index (χ0v) is 13.9. The lowest BCUT2D eigenvalue weighted by Gasteiger charge is -2.33. The van der Waals surface area contributed by atoms with Gasteiger partial charge in [-0.25, -0.2) is 4.39 Å². The van der Waals surface area contributed by atoms with Crippen molar-refractivity contribution in [2.45, 2.75) is 19.0 Å². The molecule has 0 saturated heterocycles. The van der Waals surface area contributed by atoms with Crippen molar-refractivity contribution in [3.63, 3.8) is 0 Å². The number of hydrogen-bond donors (Lipinski definition) is 1. The molecule has 0 amide bonds. The van der Waals surface area contributed by atoms with Crippen LogP contribution in [0.15, 0.2) is 40.2 Å². The second kappa shape index (κ2) is 6.80. The van der Waals surface area contributed by atoms with Gasteiger partial charge >= 0.3 is 0 Å². The Bertz CT molecular complexity index is 559. The molecule has 0 aliphatic carbocycles. The van der Waals surface area contributed by atoms with Crippen LogP contribution in [0.5, 0.6) is 0 Å². The van der Waals surface area contributed by atoms with Crippen molar-refractivity contribution in [2.75, 3.05) is 13.6 Å².